The lowest BCUT2D eigenvalue weighted by atomic mass is 9.80. The van der Waals surface area contributed by atoms with E-state index in [2.05, 4.69) is 15.6 Å². The number of urea groups is 1. The van der Waals surface area contributed by atoms with Crippen LogP contribution in [0.15, 0.2) is 4.99 Å². The summed E-state index contributed by atoms with van der Waals surface area (Å²) in [6.45, 7) is 18.9. The van der Waals surface area contributed by atoms with Crippen molar-refractivity contribution in [3.63, 3.8) is 0 Å². The number of nitrogens with zero attached hydrogens (tertiary/aromatic N) is 2. The van der Waals surface area contributed by atoms with Gasteiger partial charge < -0.3 is 29.4 Å². The minimum absolute atomic E-state index is 0.0771. The highest BCUT2D eigenvalue weighted by atomic mass is 16.7. The molecule has 0 aromatic carbocycles. The first-order chi connectivity index (χ1) is 17.2. The molecule has 38 heavy (non-hydrogen) atoms. The quantitative estimate of drug-likeness (QED) is 0.278. The smallest absolute Gasteiger partial charge is 0.444 e. The molecule has 2 heterocycles. The molecule has 0 saturated carbocycles. The number of rotatable bonds is 4. The predicted octanol–water partition coefficient (Wildman–Crippen LogP) is 3.64. The van der Waals surface area contributed by atoms with Crippen LogP contribution in [0, 0.1) is 5.92 Å². The molecule has 0 aromatic rings. The highest BCUT2D eigenvalue weighted by molar-refractivity contribution is 6.45. The highest BCUT2D eigenvalue weighted by Crippen LogP contribution is 2.38. The third-order valence-corrected chi connectivity index (χ3v) is 6.54. The van der Waals surface area contributed by atoms with E-state index < -0.39 is 35.4 Å². The lowest BCUT2D eigenvalue weighted by Gasteiger charge is -2.32. The van der Waals surface area contributed by atoms with E-state index in [0.717, 1.165) is 19.2 Å². The number of amides is 4. The van der Waals surface area contributed by atoms with Gasteiger partial charge in [0.25, 0.3) is 0 Å². The van der Waals surface area contributed by atoms with E-state index in [9.17, 15) is 14.4 Å². The summed E-state index contributed by atoms with van der Waals surface area (Å²) in [5, 5.41) is 4.80. The molecule has 0 radical (unpaired) electrons. The van der Waals surface area contributed by atoms with Crippen LogP contribution in [0.4, 0.5) is 14.4 Å². The summed E-state index contributed by atoms with van der Waals surface area (Å²) >= 11 is 0. The van der Waals surface area contributed by atoms with Crippen LogP contribution in [0.5, 0.6) is 0 Å². The first-order valence-electron chi connectivity index (χ1n) is 13.2. The van der Waals surface area contributed by atoms with Gasteiger partial charge in [-0.2, -0.15) is 0 Å². The molecule has 0 aliphatic carbocycles. The molecule has 2 aliphatic heterocycles. The van der Waals surface area contributed by atoms with Crippen molar-refractivity contribution in [2.24, 2.45) is 16.6 Å². The molecule has 216 valence electrons. The molecule has 2 atom stereocenters. The van der Waals surface area contributed by atoms with Gasteiger partial charge in [0.15, 0.2) is 0 Å². The van der Waals surface area contributed by atoms with Gasteiger partial charge in [-0.15, -0.1) is 4.99 Å². The summed E-state index contributed by atoms with van der Waals surface area (Å²) < 4.78 is 22.5. The maximum absolute atomic E-state index is 13.0. The number of hydrogen-bond donors (Lipinski definition) is 3. The summed E-state index contributed by atoms with van der Waals surface area (Å²) in [5.74, 6) is -0.315. The second kappa shape index (κ2) is 11.8. The van der Waals surface area contributed by atoms with Crippen molar-refractivity contribution >= 4 is 31.3 Å². The van der Waals surface area contributed by atoms with Gasteiger partial charge in [0.1, 0.15) is 11.2 Å². The number of aliphatic imine (C=N–C) groups is 1. The van der Waals surface area contributed by atoms with E-state index in [0.29, 0.717) is 13.1 Å². The second-order valence-corrected chi connectivity index (χ2v) is 12.9. The zero-order chi connectivity index (χ0) is 29.1. The van der Waals surface area contributed by atoms with E-state index >= 15 is 0 Å². The summed E-state index contributed by atoms with van der Waals surface area (Å²) in [6.07, 6.45) is 0.510. The number of likely N-dealkylation sites (tertiary alicyclic amines) is 1. The molecular weight excluding hydrogens is 493 g/mol. The van der Waals surface area contributed by atoms with Crippen LogP contribution >= 0.6 is 0 Å². The van der Waals surface area contributed by atoms with E-state index in [4.69, 9.17) is 24.5 Å². The van der Waals surface area contributed by atoms with Crippen molar-refractivity contribution in [3.8, 4) is 0 Å². The summed E-state index contributed by atoms with van der Waals surface area (Å²) in [4.78, 5) is 42.8. The Morgan fingerprint density at radius 1 is 0.974 bits per heavy atom. The molecule has 12 nitrogen and oxygen atoms in total. The molecule has 2 fully saturated rings. The van der Waals surface area contributed by atoms with Crippen molar-refractivity contribution in [2.45, 2.75) is 117 Å². The third kappa shape index (κ3) is 9.74. The number of carbonyl (C=O) groups excluding carboxylic acids is 3. The Morgan fingerprint density at radius 2 is 1.53 bits per heavy atom. The Bertz CT molecular complexity index is 895. The van der Waals surface area contributed by atoms with Gasteiger partial charge in [-0.05, 0) is 87.9 Å². The average Bonchev–Trinajstić information content (AvgIpc) is 3.14. The van der Waals surface area contributed by atoms with Crippen molar-refractivity contribution in [3.05, 3.63) is 0 Å². The second-order valence-electron chi connectivity index (χ2n) is 12.9. The zero-order valence-electron chi connectivity index (χ0n) is 24.6. The van der Waals surface area contributed by atoms with Gasteiger partial charge in [0, 0.05) is 19.1 Å². The number of nitrogens with one attached hydrogen (secondary N) is 2. The summed E-state index contributed by atoms with van der Waals surface area (Å²) in [5.41, 5.74) is 3.99. The summed E-state index contributed by atoms with van der Waals surface area (Å²) in [7, 11) is -0.275. The molecule has 4 amide bonds. The Kier molecular flexibility index (Phi) is 9.88. The van der Waals surface area contributed by atoms with Crippen molar-refractivity contribution in [1.29, 1.82) is 0 Å². The normalized spacial score (nSPS) is 23.3. The van der Waals surface area contributed by atoms with Crippen LogP contribution in [0.2, 0.25) is 6.32 Å². The Hall–Kier alpha value is -2.38. The Balaban J connectivity index is 1.96. The molecule has 2 rings (SSSR count). The van der Waals surface area contributed by atoms with E-state index in [1.54, 1.807) is 41.5 Å². The van der Waals surface area contributed by atoms with Crippen LogP contribution in [-0.4, -0.2) is 77.7 Å². The molecule has 2 aliphatic rings. The Labute approximate surface area is 226 Å². The lowest BCUT2D eigenvalue weighted by Crippen LogP contribution is -2.50. The summed E-state index contributed by atoms with van der Waals surface area (Å²) in [6, 6.07) is -0.767. The fourth-order valence-corrected chi connectivity index (χ4v) is 4.04. The maximum atomic E-state index is 13.0. The van der Waals surface area contributed by atoms with Crippen LogP contribution < -0.4 is 16.4 Å². The molecule has 13 heteroatoms. The van der Waals surface area contributed by atoms with Crippen LogP contribution in [0.25, 0.3) is 0 Å². The number of carbonyl (C=O) groups is 3. The van der Waals surface area contributed by atoms with Gasteiger partial charge in [-0.1, -0.05) is 6.42 Å². The largest absolute Gasteiger partial charge is 0.457 e. The SMILES string of the molecule is CC(C)(C)OC(=O)N=C(NC(=O)OC(C)(C)C)NC(=O)N1C[C@@H](CCCB2OC(C)(C)C(C)(C)O2)[C@H](N)C1. The van der Waals surface area contributed by atoms with Crippen LogP contribution in [0.3, 0.4) is 0 Å². The first kappa shape index (κ1) is 31.8. The van der Waals surface area contributed by atoms with Crippen LogP contribution in [-0.2, 0) is 18.8 Å². The van der Waals surface area contributed by atoms with Crippen molar-refractivity contribution in [2.75, 3.05) is 13.1 Å². The zero-order valence-corrected chi connectivity index (χ0v) is 24.6. The van der Waals surface area contributed by atoms with E-state index in [1.807, 2.05) is 27.7 Å². The monoisotopic (exact) mass is 539 g/mol. The molecule has 0 aromatic heterocycles. The van der Waals surface area contributed by atoms with E-state index in [-0.39, 0.29) is 30.3 Å². The average molecular weight is 539 g/mol. The van der Waals surface area contributed by atoms with E-state index in [1.165, 1.54) is 4.90 Å². The predicted molar refractivity (Wildman–Crippen MR) is 145 cm³/mol. The molecule has 2 saturated heterocycles. The van der Waals surface area contributed by atoms with Crippen molar-refractivity contribution < 1.29 is 33.2 Å². The Morgan fingerprint density at radius 3 is 2.05 bits per heavy atom. The van der Waals surface area contributed by atoms with Crippen molar-refractivity contribution in [1.82, 2.24) is 15.5 Å². The minimum atomic E-state index is -0.970. The van der Waals surface area contributed by atoms with Gasteiger partial charge >= 0.3 is 25.3 Å². The number of nitrogens with two attached hydrogens (primary N) is 1. The number of hydrogen-bond acceptors (Lipinski definition) is 8. The third-order valence-electron chi connectivity index (χ3n) is 6.54. The molecule has 0 bridgehead atoms. The minimum Gasteiger partial charge on any atom is -0.444 e. The number of guanidine groups is 1. The standard InChI is InChI=1S/C25H46BN5O7/c1-22(2,3)35-20(33)29-18(30-21(34)36-23(4,5)6)28-19(32)31-14-16(17(27)15-31)12-11-13-26-37-24(7,8)25(9,10)38-26/h16-17H,11-15,27H2,1-10H3,(H2,28,29,30,32,33,34)/t16-,17-/m1/s1. The van der Waals surface area contributed by atoms with Gasteiger partial charge in [-0.3, -0.25) is 10.6 Å². The molecule has 0 unspecified atom stereocenters. The first-order valence-corrected chi connectivity index (χ1v) is 13.2. The molecule has 4 N–H and O–H groups in total. The topological polar surface area (TPSA) is 154 Å². The maximum Gasteiger partial charge on any atom is 0.457 e. The fraction of sp³-hybridized carbons (Fsp3) is 0.840. The molecule has 0 spiro atoms. The van der Waals surface area contributed by atoms with Gasteiger partial charge in [0.2, 0.25) is 5.96 Å². The molecular formula is C25H46BN5O7. The number of alkyl carbamates (subject to hydrolysis) is 1. The van der Waals surface area contributed by atoms with Gasteiger partial charge in [-0.25, -0.2) is 14.4 Å². The lowest BCUT2D eigenvalue weighted by molar-refractivity contribution is 0.00578. The van der Waals surface area contributed by atoms with Gasteiger partial charge in [0.05, 0.1) is 11.2 Å². The number of ether oxygens (including phenoxy) is 2. The highest BCUT2D eigenvalue weighted by Gasteiger charge is 2.50. The van der Waals surface area contributed by atoms with Crippen LogP contribution in [0.1, 0.15) is 82.1 Å². The fourth-order valence-electron chi connectivity index (χ4n) is 4.04.